The molecule has 0 radical (unpaired) electrons. The Morgan fingerprint density at radius 3 is 2.90 bits per heavy atom. The third-order valence-electron chi connectivity index (χ3n) is 1.00. The molecule has 0 rings (SSSR count). The van der Waals surface area contributed by atoms with Gasteiger partial charge in [0.05, 0.1) is 6.07 Å². The first-order valence-corrected chi connectivity index (χ1v) is 3.13. The lowest BCUT2D eigenvalue weighted by Crippen LogP contribution is -1.93. The van der Waals surface area contributed by atoms with Crippen LogP contribution in [0.25, 0.3) is 0 Å². The molecule has 3 nitrogen and oxygen atoms in total. The van der Waals surface area contributed by atoms with E-state index >= 15 is 0 Å². The van der Waals surface area contributed by atoms with Crippen LogP contribution in [0.3, 0.4) is 0 Å². The van der Waals surface area contributed by atoms with Crippen LogP contribution in [0.4, 0.5) is 0 Å². The van der Waals surface area contributed by atoms with Crippen molar-refractivity contribution < 1.29 is 0 Å². The first-order valence-electron chi connectivity index (χ1n) is 3.13. The molecule has 0 aliphatic heterocycles. The number of nitrogens with two attached hydrogens (primary N) is 1. The standard InChI is InChI=1S/C7H11N3/c1-2-7(3-4-8)10-6-5-9/h3-4H,2,6,8H2,1H3/b4-3-,10-7?. The fraction of sp³-hybridized carbons (Fsp3) is 0.429. The molecule has 0 atom stereocenters. The molecule has 54 valence electrons. The van der Waals surface area contributed by atoms with E-state index in [1.165, 1.54) is 6.20 Å². The van der Waals surface area contributed by atoms with Gasteiger partial charge >= 0.3 is 0 Å². The van der Waals surface area contributed by atoms with Gasteiger partial charge in [0.15, 0.2) is 0 Å². The van der Waals surface area contributed by atoms with Crippen LogP contribution >= 0.6 is 0 Å². The molecule has 0 aliphatic carbocycles. The van der Waals surface area contributed by atoms with Gasteiger partial charge < -0.3 is 5.73 Å². The van der Waals surface area contributed by atoms with Crippen molar-refractivity contribution in [1.29, 1.82) is 5.26 Å². The van der Waals surface area contributed by atoms with Crippen LogP contribution in [0, 0.1) is 11.3 Å². The molecule has 0 unspecified atom stereocenters. The van der Waals surface area contributed by atoms with Crippen molar-refractivity contribution in [2.75, 3.05) is 6.54 Å². The van der Waals surface area contributed by atoms with E-state index in [2.05, 4.69) is 4.99 Å². The summed E-state index contributed by atoms with van der Waals surface area (Å²) in [6, 6.07) is 1.93. The van der Waals surface area contributed by atoms with E-state index in [0.717, 1.165) is 12.1 Å². The molecule has 0 spiro atoms. The van der Waals surface area contributed by atoms with Gasteiger partial charge in [0.2, 0.25) is 0 Å². The molecule has 0 amide bonds. The molecular formula is C7H11N3. The lowest BCUT2D eigenvalue weighted by Gasteiger charge is -1.90. The minimum Gasteiger partial charge on any atom is -0.405 e. The summed E-state index contributed by atoms with van der Waals surface area (Å²) >= 11 is 0. The van der Waals surface area contributed by atoms with Crippen LogP contribution in [0.2, 0.25) is 0 Å². The molecular weight excluding hydrogens is 126 g/mol. The predicted molar refractivity (Wildman–Crippen MR) is 41.5 cm³/mol. The van der Waals surface area contributed by atoms with Crippen LogP contribution in [0.15, 0.2) is 17.3 Å². The third-order valence-corrected chi connectivity index (χ3v) is 1.00. The molecule has 3 heteroatoms. The Morgan fingerprint density at radius 2 is 2.50 bits per heavy atom. The molecule has 0 aromatic heterocycles. The summed E-state index contributed by atoms with van der Waals surface area (Å²) < 4.78 is 0. The maximum atomic E-state index is 8.17. The summed E-state index contributed by atoms with van der Waals surface area (Å²) in [5.41, 5.74) is 6.00. The topological polar surface area (TPSA) is 62.2 Å². The highest BCUT2D eigenvalue weighted by molar-refractivity contribution is 5.94. The van der Waals surface area contributed by atoms with Crippen molar-refractivity contribution in [2.45, 2.75) is 13.3 Å². The van der Waals surface area contributed by atoms with Crippen LogP contribution in [-0.4, -0.2) is 12.3 Å². The number of hydrogen-bond donors (Lipinski definition) is 1. The van der Waals surface area contributed by atoms with Gasteiger partial charge in [-0.05, 0) is 18.7 Å². The van der Waals surface area contributed by atoms with Gasteiger partial charge in [-0.25, -0.2) is 0 Å². The molecule has 2 N–H and O–H groups in total. The molecule has 0 heterocycles. The second-order valence-electron chi connectivity index (χ2n) is 1.68. The predicted octanol–water partition coefficient (Wildman–Crippen LogP) is 0.833. The number of allylic oxidation sites excluding steroid dienone is 1. The maximum absolute atomic E-state index is 8.17. The minimum absolute atomic E-state index is 0.216. The number of aliphatic imine (C=N–C) groups is 1. The van der Waals surface area contributed by atoms with Crippen molar-refractivity contribution >= 4 is 5.71 Å². The van der Waals surface area contributed by atoms with Crippen molar-refractivity contribution in [3.63, 3.8) is 0 Å². The number of hydrogen-bond acceptors (Lipinski definition) is 3. The smallest absolute Gasteiger partial charge is 0.126 e. The van der Waals surface area contributed by atoms with Crippen LogP contribution < -0.4 is 5.73 Å². The molecule has 0 aromatic rings. The van der Waals surface area contributed by atoms with E-state index in [4.69, 9.17) is 11.0 Å². The fourth-order valence-electron chi connectivity index (χ4n) is 0.530. The van der Waals surface area contributed by atoms with E-state index in [1.807, 2.05) is 13.0 Å². The summed E-state index contributed by atoms with van der Waals surface area (Å²) in [5, 5.41) is 8.17. The summed E-state index contributed by atoms with van der Waals surface area (Å²) in [4.78, 5) is 3.94. The molecule has 0 saturated carbocycles. The highest BCUT2D eigenvalue weighted by atomic mass is 14.7. The number of nitriles is 1. The van der Waals surface area contributed by atoms with Crippen LogP contribution in [-0.2, 0) is 0 Å². The van der Waals surface area contributed by atoms with Crippen LogP contribution in [0.1, 0.15) is 13.3 Å². The molecule has 0 fully saturated rings. The Balaban J connectivity index is 3.94. The van der Waals surface area contributed by atoms with Gasteiger partial charge in [-0.2, -0.15) is 5.26 Å². The maximum Gasteiger partial charge on any atom is 0.126 e. The highest BCUT2D eigenvalue weighted by Gasteiger charge is 1.86. The molecule has 0 saturated heterocycles. The number of nitrogens with zero attached hydrogens (tertiary/aromatic N) is 2. The Kier molecular flexibility index (Phi) is 5.07. The second kappa shape index (κ2) is 5.83. The molecule has 10 heavy (non-hydrogen) atoms. The highest BCUT2D eigenvalue weighted by Crippen LogP contribution is 1.86. The molecule has 0 bridgehead atoms. The Bertz CT molecular complexity index is 174. The zero-order chi connectivity index (χ0) is 7.82. The average Bonchev–Trinajstić information content (AvgIpc) is 1.98. The van der Waals surface area contributed by atoms with Gasteiger partial charge in [0.25, 0.3) is 0 Å². The minimum atomic E-state index is 0.216. The lowest BCUT2D eigenvalue weighted by molar-refractivity contribution is 1.18. The summed E-state index contributed by atoms with van der Waals surface area (Å²) in [6.45, 7) is 2.18. The van der Waals surface area contributed by atoms with E-state index in [9.17, 15) is 0 Å². The van der Waals surface area contributed by atoms with E-state index in [1.54, 1.807) is 6.08 Å². The Labute approximate surface area is 60.9 Å². The summed E-state index contributed by atoms with van der Waals surface area (Å²) in [7, 11) is 0. The SMILES string of the molecule is CCC(/C=C\N)=NCC#N. The van der Waals surface area contributed by atoms with E-state index in [-0.39, 0.29) is 6.54 Å². The Hall–Kier alpha value is -1.30. The fourth-order valence-corrected chi connectivity index (χ4v) is 0.530. The lowest BCUT2D eigenvalue weighted by atomic mass is 10.3. The quantitative estimate of drug-likeness (QED) is 0.462. The van der Waals surface area contributed by atoms with Crippen molar-refractivity contribution in [3.05, 3.63) is 12.3 Å². The summed E-state index contributed by atoms with van der Waals surface area (Å²) in [6.07, 6.45) is 3.95. The first-order chi connectivity index (χ1) is 4.85. The average molecular weight is 137 g/mol. The van der Waals surface area contributed by atoms with Gasteiger partial charge in [-0.1, -0.05) is 6.92 Å². The third kappa shape index (κ3) is 3.67. The van der Waals surface area contributed by atoms with E-state index in [0.29, 0.717) is 0 Å². The normalized spacial score (nSPS) is 11.8. The summed E-state index contributed by atoms with van der Waals surface area (Å²) in [5.74, 6) is 0. The van der Waals surface area contributed by atoms with Crippen molar-refractivity contribution in [1.82, 2.24) is 0 Å². The zero-order valence-electron chi connectivity index (χ0n) is 6.04. The first kappa shape index (κ1) is 8.70. The van der Waals surface area contributed by atoms with E-state index < -0.39 is 0 Å². The van der Waals surface area contributed by atoms with Crippen molar-refractivity contribution in [2.24, 2.45) is 10.7 Å². The Morgan fingerprint density at radius 1 is 1.80 bits per heavy atom. The van der Waals surface area contributed by atoms with Gasteiger partial charge in [-0.15, -0.1) is 0 Å². The van der Waals surface area contributed by atoms with Gasteiger partial charge in [-0.3, -0.25) is 4.99 Å². The second-order valence-corrected chi connectivity index (χ2v) is 1.68. The monoisotopic (exact) mass is 137 g/mol. The van der Waals surface area contributed by atoms with Gasteiger partial charge in [0, 0.05) is 5.71 Å². The molecule has 0 aromatic carbocycles. The number of rotatable bonds is 3. The zero-order valence-corrected chi connectivity index (χ0v) is 6.04. The molecule has 0 aliphatic rings. The van der Waals surface area contributed by atoms with Crippen molar-refractivity contribution in [3.8, 4) is 6.07 Å². The van der Waals surface area contributed by atoms with Gasteiger partial charge in [0.1, 0.15) is 6.54 Å². The largest absolute Gasteiger partial charge is 0.405 e. The van der Waals surface area contributed by atoms with Crippen LogP contribution in [0.5, 0.6) is 0 Å².